The van der Waals surface area contributed by atoms with Crippen LogP contribution in [0.4, 0.5) is 11.4 Å². The van der Waals surface area contributed by atoms with Crippen LogP contribution in [0, 0.1) is 11.3 Å². The summed E-state index contributed by atoms with van der Waals surface area (Å²) in [6.45, 7) is 2.02. The van der Waals surface area contributed by atoms with E-state index in [1.54, 1.807) is 31.9 Å². The molecular weight excluding hydrogens is 476 g/mol. The Morgan fingerprint density at radius 1 is 0.947 bits per heavy atom. The Bertz CT molecular complexity index is 1560. The summed E-state index contributed by atoms with van der Waals surface area (Å²) >= 11 is 0. The summed E-state index contributed by atoms with van der Waals surface area (Å²) in [5.41, 5.74) is 5.97. The van der Waals surface area contributed by atoms with E-state index in [0.717, 1.165) is 40.7 Å². The molecule has 0 saturated heterocycles. The first-order valence-corrected chi connectivity index (χ1v) is 12.4. The standard InChI is InChI=1S/C30H28N6O2/c1-37-28-5-2-22(17-29(28)38-15-14-33-12-8-21-6-10-32-11-7-21)26-20-34-19-24(18-31)30(26)36-25-3-4-27-23(16-25)9-13-35-27/h2-7,9-11,13,16-17,19-20,33,35H,8,12,14-15H2,1H3,(H,34,36). The van der Waals surface area contributed by atoms with Gasteiger partial charge in [-0.3, -0.25) is 9.97 Å². The number of pyridine rings is 2. The molecule has 0 radical (unpaired) electrons. The van der Waals surface area contributed by atoms with Crippen LogP contribution in [0.5, 0.6) is 11.5 Å². The third-order valence-electron chi connectivity index (χ3n) is 6.24. The fourth-order valence-corrected chi connectivity index (χ4v) is 4.27. The normalized spacial score (nSPS) is 10.7. The van der Waals surface area contributed by atoms with Crippen LogP contribution in [0.3, 0.4) is 0 Å². The summed E-state index contributed by atoms with van der Waals surface area (Å²) in [7, 11) is 1.62. The molecule has 0 spiro atoms. The van der Waals surface area contributed by atoms with Gasteiger partial charge in [-0.05, 0) is 72.6 Å². The molecule has 3 aromatic heterocycles. The van der Waals surface area contributed by atoms with Crippen LogP contribution in [0.15, 0.2) is 85.6 Å². The second-order valence-corrected chi connectivity index (χ2v) is 8.70. The first kappa shape index (κ1) is 24.8. The second-order valence-electron chi connectivity index (χ2n) is 8.70. The van der Waals surface area contributed by atoms with Gasteiger partial charge in [-0.2, -0.15) is 5.26 Å². The number of hydrogen-bond donors (Lipinski definition) is 3. The minimum Gasteiger partial charge on any atom is -0.493 e. The molecule has 5 rings (SSSR count). The van der Waals surface area contributed by atoms with Crippen molar-refractivity contribution in [3.63, 3.8) is 0 Å². The number of H-pyrrole nitrogens is 1. The van der Waals surface area contributed by atoms with Gasteiger partial charge in [0.1, 0.15) is 12.7 Å². The number of hydrogen-bond acceptors (Lipinski definition) is 7. The monoisotopic (exact) mass is 504 g/mol. The van der Waals surface area contributed by atoms with Gasteiger partial charge in [-0.15, -0.1) is 0 Å². The van der Waals surface area contributed by atoms with Gasteiger partial charge in [-0.25, -0.2) is 0 Å². The van der Waals surface area contributed by atoms with E-state index in [1.165, 1.54) is 5.56 Å². The van der Waals surface area contributed by atoms with E-state index in [1.807, 2.05) is 60.8 Å². The van der Waals surface area contributed by atoms with Crippen molar-refractivity contribution < 1.29 is 9.47 Å². The highest BCUT2D eigenvalue weighted by molar-refractivity contribution is 5.88. The van der Waals surface area contributed by atoms with Crippen LogP contribution < -0.4 is 20.1 Å². The van der Waals surface area contributed by atoms with Gasteiger partial charge in [0.25, 0.3) is 0 Å². The number of anilines is 2. The lowest BCUT2D eigenvalue weighted by atomic mass is 10.0. The number of aromatic nitrogens is 3. The Morgan fingerprint density at radius 2 is 1.84 bits per heavy atom. The van der Waals surface area contributed by atoms with Gasteiger partial charge < -0.3 is 25.1 Å². The average molecular weight is 505 g/mol. The molecule has 0 aliphatic carbocycles. The first-order chi connectivity index (χ1) is 18.7. The molecule has 0 bridgehead atoms. The van der Waals surface area contributed by atoms with E-state index < -0.39 is 0 Å². The van der Waals surface area contributed by atoms with Crippen molar-refractivity contribution in [2.24, 2.45) is 0 Å². The van der Waals surface area contributed by atoms with E-state index in [0.29, 0.717) is 35.9 Å². The molecule has 190 valence electrons. The largest absolute Gasteiger partial charge is 0.493 e. The smallest absolute Gasteiger partial charge is 0.161 e. The molecule has 2 aromatic carbocycles. The van der Waals surface area contributed by atoms with E-state index in [4.69, 9.17) is 9.47 Å². The SMILES string of the molecule is COc1ccc(-c2cncc(C#N)c2Nc2ccc3[nH]ccc3c2)cc1OCCNCCc1ccncc1. The van der Waals surface area contributed by atoms with Gasteiger partial charge in [-0.1, -0.05) is 6.07 Å². The Labute approximate surface area is 221 Å². The lowest BCUT2D eigenvalue weighted by Gasteiger charge is -2.16. The van der Waals surface area contributed by atoms with Crippen molar-refractivity contribution in [2.45, 2.75) is 6.42 Å². The molecule has 3 heterocycles. The Kier molecular flexibility index (Phi) is 7.78. The zero-order valence-electron chi connectivity index (χ0n) is 21.1. The Morgan fingerprint density at radius 3 is 2.68 bits per heavy atom. The number of nitrogens with zero attached hydrogens (tertiary/aromatic N) is 3. The minimum atomic E-state index is 0.452. The highest BCUT2D eigenvalue weighted by Crippen LogP contribution is 2.37. The fourth-order valence-electron chi connectivity index (χ4n) is 4.27. The maximum Gasteiger partial charge on any atom is 0.161 e. The fraction of sp³-hybridized carbons (Fsp3) is 0.167. The quantitative estimate of drug-likeness (QED) is 0.205. The predicted octanol–water partition coefficient (Wildman–Crippen LogP) is 5.46. The van der Waals surface area contributed by atoms with Crippen LogP contribution in [0.1, 0.15) is 11.1 Å². The molecule has 0 aliphatic heterocycles. The number of nitriles is 1. The number of ether oxygens (including phenoxy) is 2. The second kappa shape index (κ2) is 11.9. The van der Waals surface area contributed by atoms with Crippen LogP contribution in [-0.4, -0.2) is 41.8 Å². The van der Waals surface area contributed by atoms with Crippen molar-refractivity contribution in [3.05, 3.63) is 96.7 Å². The molecule has 0 saturated carbocycles. The molecule has 3 N–H and O–H groups in total. The molecule has 0 atom stereocenters. The van der Waals surface area contributed by atoms with Crippen molar-refractivity contribution in [1.29, 1.82) is 5.26 Å². The third kappa shape index (κ3) is 5.75. The van der Waals surface area contributed by atoms with Crippen LogP contribution >= 0.6 is 0 Å². The van der Waals surface area contributed by atoms with Gasteiger partial charge in [0.15, 0.2) is 11.5 Å². The highest BCUT2D eigenvalue weighted by Gasteiger charge is 2.15. The van der Waals surface area contributed by atoms with Gasteiger partial charge in [0, 0.05) is 59.7 Å². The Hall–Kier alpha value is -4.87. The van der Waals surface area contributed by atoms with E-state index >= 15 is 0 Å². The van der Waals surface area contributed by atoms with Gasteiger partial charge >= 0.3 is 0 Å². The molecule has 0 fully saturated rings. The van der Waals surface area contributed by atoms with Crippen molar-refractivity contribution in [1.82, 2.24) is 20.3 Å². The lowest BCUT2D eigenvalue weighted by molar-refractivity contribution is 0.293. The third-order valence-corrected chi connectivity index (χ3v) is 6.24. The number of methoxy groups -OCH3 is 1. The van der Waals surface area contributed by atoms with E-state index in [9.17, 15) is 5.26 Å². The summed E-state index contributed by atoms with van der Waals surface area (Å²) in [5, 5.41) is 17.7. The summed E-state index contributed by atoms with van der Waals surface area (Å²) in [6, 6.07) is 20.1. The van der Waals surface area contributed by atoms with Gasteiger partial charge in [0.2, 0.25) is 0 Å². The van der Waals surface area contributed by atoms with Gasteiger partial charge in [0.05, 0.1) is 18.4 Å². The summed E-state index contributed by atoms with van der Waals surface area (Å²) in [6.07, 6.45) is 9.77. The molecule has 0 unspecified atom stereocenters. The molecule has 8 heteroatoms. The van der Waals surface area contributed by atoms with E-state index in [-0.39, 0.29) is 0 Å². The highest BCUT2D eigenvalue weighted by atomic mass is 16.5. The number of fused-ring (bicyclic) bond motifs is 1. The average Bonchev–Trinajstić information content (AvgIpc) is 3.43. The molecular formula is C30H28N6O2. The summed E-state index contributed by atoms with van der Waals surface area (Å²) in [5.74, 6) is 1.27. The molecule has 38 heavy (non-hydrogen) atoms. The zero-order chi connectivity index (χ0) is 26.2. The minimum absolute atomic E-state index is 0.452. The van der Waals surface area contributed by atoms with Crippen LogP contribution in [0.2, 0.25) is 0 Å². The molecule has 0 amide bonds. The van der Waals surface area contributed by atoms with Crippen molar-refractivity contribution >= 4 is 22.3 Å². The first-order valence-electron chi connectivity index (χ1n) is 12.4. The number of rotatable bonds is 11. The van der Waals surface area contributed by atoms with Crippen molar-refractivity contribution in [3.8, 4) is 28.7 Å². The lowest BCUT2D eigenvalue weighted by Crippen LogP contribution is -2.23. The maximum absolute atomic E-state index is 9.81. The number of aromatic amines is 1. The van der Waals surface area contributed by atoms with Crippen molar-refractivity contribution in [2.75, 3.05) is 32.1 Å². The number of benzene rings is 2. The van der Waals surface area contributed by atoms with Crippen LogP contribution in [0.25, 0.3) is 22.0 Å². The summed E-state index contributed by atoms with van der Waals surface area (Å²) in [4.78, 5) is 11.6. The predicted molar refractivity (Wildman–Crippen MR) is 149 cm³/mol. The summed E-state index contributed by atoms with van der Waals surface area (Å²) < 4.78 is 11.6. The van der Waals surface area contributed by atoms with E-state index in [2.05, 4.69) is 31.7 Å². The topological polar surface area (TPSA) is 108 Å². The molecule has 0 aliphatic rings. The Balaban J connectivity index is 1.32. The number of nitrogens with one attached hydrogen (secondary N) is 3. The molecule has 5 aromatic rings. The molecule has 8 nitrogen and oxygen atoms in total. The maximum atomic E-state index is 9.81. The zero-order valence-corrected chi connectivity index (χ0v) is 21.1. The van der Waals surface area contributed by atoms with Crippen LogP contribution in [-0.2, 0) is 6.42 Å².